The molecule has 3 aromatic carbocycles. The van der Waals surface area contributed by atoms with Crippen molar-refractivity contribution in [3.8, 4) is 11.5 Å². The van der Waals surface area contributed by atoms with Gasteiger partial charge in [-0.1, -0.05) is 30.3 Å². The first-order valence-electron chi connectivity index (χ1n) is 8.34. The van der Waals surface area contributed by atoms with Crippen molar-refractivity contribution in [1.29, 1.82) is 0 Å². The Morgan fingerprint density at radius 2 is 1.18 bits per heavy atom. The maximum Gasteiger partial charge on any atom is 0.322 e. The Morgan fingerprint density at radius 3 is 1.64 bits per heavy atom. The number of carboxylic acid groups (broad SMARTS) is 1. The van der Waals surface area contributed by atoms with Crippen molar-refractivity contribution in [3.05, 3.63) is 84.4 Å². The standard InChI is InChI=1S/C13H13NO.C8H9NO3.ClH/c15-13-8-6-12(7-9-13)14-10-11-4-2-1-3-5-11;10-7-3-1-6(2-4-7)9-5-8(11)12;/h1-9,14-15H,10H2;1-4,9-10H,5H2,(H,11,12);1H. The van der Waals surface area contributed by atoms with Gasteiger partial charge in [0.1, 0.15) is 18.0 Å². The second-order valence-electron chi connectivity index (χ2n) is 5.68. The van der Waals surface area contributed by atoms with Crippen LogP contribution in [-0.2, 0) is 11.3 Å². The number of phenolic OH excluding ortho intramolecular Hbond substituents is 2. The number of hydrogen-bond donors (Lipinski definition) is 5. The molecule has 7 heteroatoms. The Morgan fingerprint density at radius 1 is 0.714 bits per heavy atom. The van der Waals surface area contributed by atoms with E-state index in [-0.39, 0.29) is 24.7 Å². The quantitative estimate of drug-likeness (QED) is 0.394. The van der Waals surface area contributed by atoms with Gasteiger partial charge in [-0.05, 0) is 54.1 Å². The molecule has 0 bridgehead atoms. The smallest absolute Gasteiger partial charge is 0.322 e. The molecule has 0 saturated heterocycles. The van der Waals surface area contributed by atoms with E-state index < -0.39 is 5.97 Å². The molecule has 3 aromatic rings. The minimum absolute atomic E-state index is 0. The zero-order chi connectivity index (χ0) is 19.5. The first-order chi connectivity index (χ1) is 13.0. The fourth-order valence-corrected chi connectivity index (χ4v) is 2.14. The highest BCUT2D eigenvalue weighted by molar-refractivity contribution is 5.85. The number of hydrogen-bond acceptors (Lipinski definition) is 5. The Balaban J connectivity index is 0.000000277. The topological polar surface area (TPSA) is 102 Å². The molecule has 148 valence electrons. The van der Waals surface area contributed by atoms with Crippen molar-refractivity contribution >= 4 is 29.8 Å². The van der Waals surface area contributed by atoms with Crippen LogP contribution < -0.4 is 10.6 Å². The van der Waals surface area contributed by atoms with Crippen LogP contribution in [0.15, 0.2) is 78.9 Å². The fourth-order valence-electron chi connectivity index (χ4n) is 2.14. The summed E-state index contributed by atoms with van der Waals surface area (Å²) in [7, 11) is 0. The lowest BCUT2D eigenvalue weighted by Gasteiger charge is -2.06. The Labute approximate surface area is 169 Å². The average molecular weight is 403 g/mol. The molecule has 0 amide bonds. The Hall–Kier alpha value is -3.38. The molecule has 0 aromatic heterocycles. The highest BCUT2D eigenvalue weighted by atomic mass is 35.5. The predicted octanol–water partition coefficient (Wildman–Crippen LogP) is 4.31. The van der Waals surface area contributed by atoms with E-state index >= 15 is 0 Å². The minimum Gasteiger partial charge on any atom is -0.508 e. The van der Waals surface area contributed by atoms with Crippen molar-refractivity contribution in [3.63, 3.8) is 0 Å². The molecule has 5 N–H and O–H groups in total. The summed E-state index contributed by atoms with van der Waals surface area (Å²) in [5.74, 6) is -0.459. The second-order valence-corrected chi connectivity index (χ2v) is 5.68. The summed E-state index contributed by atoms with van der Waals surface area (Å²) in [5, 5.41) is 32.3. The number of rotatable bonds is 6. The number of carboxylic acids is 1. The van der Waals surface area contributed by atoms with Crippen LogP contribution in [0.4, 0.5) is 11.4 Å². The van der Waals surface area contributed by atoms with Crippen LogP contribution in [0, 0.1) is 0 Å². The summed E-state index contributed by atoms with van der Waals surface area (Å²) in [6, 6.07) is 23.5. The van der Waals surface area contributed by atoms with E-state index in [1.54, 1.807) is 24.3 Å². The van der Waals surface area contributed by atoms with Crippen molar-refractivity contribution < 1.29 is 20.1 Å². The van der Waals surface area contributed by atoms with Crippen molar-refractivity contribution in [2.45, 2.75) is 6.54 Å². The van der Waals surface area contributed by atoms with Gasteiger partial charge in [0.2, 0.25) is 0 Å². The van der Waals surface area contributed by atoms with E-state index in [0.29, 0.717) is 11.4 Å². The lowest BCUT2D eigenvalue weighted by molar-refractivity contribution is -0.134. The van der Waals surface area contributed by atoms with Crippen LogP contribution in [-0.4, -0.2) is 27.8 Å². The molecule has 6 nitrogen and oxygen atoms in total. The third-order valence-corrected chi connectivity index (χ3v) is 3.52. The molecule has 0 aliphatic carbocycles. The van der Waals surface area contributed by atoms with Gasteiger partial charge >= 0.3 is 5.97 Å². The number of anilines is 2. The van der Waals surface area contributed by atoms with E-state index in [1.165, 1.54) is 17.7 Å². The Kier molecular flexibility index (Phi) is 9.78. The Bertz CT molecular complexity index is 825. The van der Waals surface area contributed by atoms with Crippen molar-refractivity contribution in [2.75, 3.05) is 17.2 Å². The van der Waals surface area contributed by atoms with Gasteiger partial charge in [0, 0.05) is 17.9 Å². The number of aliphatic carboxylic acids is 1. The molecule has 28 heavy (non-hydrogen) atoms. The van der Waals surface area contributed by atoms with Gasteiger partial charge in [0.25, 0.3) is 0 Å². The lowest BCUT2D eigenvalue weighted by atomic mass is 10.2. The van der Waals surface area contributed by atoms with Gasteiger partial charge in [0.15, 0.2) is 0 Å². The van der Waals surface area contributed by atoms with Crippen molar-refractivity contribution in [2.24, 2.45) is 0 Å². The second kappa shape index (κ2) is 12.1. The van der Waals surface area contributed by atoms with E-state index in [9.17, 15) is 4.79 Å². The molecule has 0 fully saturated rings. The summed E-state index contributed by atoms with van der Waals surface area (Å²) in [6.45, 7) is 0.677. The van der Waals surface area contributed by atoms with Crippen molar-refractivity contribution in [1.82, 2.24) is 0 Å². The van der Waals surface area contributed by atoms with Gasteiger partial charge in [0.05, 0.1) is 0 Å². The fraction of sp³-hybridized carbons (Fsp3) is 0.0952. The molecule has 0 radical (unpaired) electrons. The molecule has 0 spiro atoms. The molecule has 0 atom stereocenters. The molecule has 0 unspecified atom stereocenters. The minimum atomic E-state index is -0.914. The van der Waals surface area contributed by atoms with Gasteiger partial charge in [-0.2, -0.15) is 0 Å². The molecular formula is C21H23ClN2O4. The highest BCUT2D eigenvalue weighted by Gasteiger charge is 1.96. The number of halogens is 1. The normalized spacial score (nSPS) is 9.29. The zero-order valence-corrected chi connectivity index (χ0v) is 15.9. The van der Waals surface area contributed by atoms with Gasteiger partial charge < -0.3 is 26.0 Å². The van der Waals surface area contributed by atoms with Crippen LogP contribution in [0.3, 0.4) is 0 Å². The van der Waals surface area contributed by atoms with E-state index in [0.717, 1.165) is 12.2 Å². The number of nitrogens with one attached hydrogen (secondary N) is 2. The third kappa shape index (κ3) is 8.82. The summed E-state index contributed by atoms with van der Waals surface area (Å²) in [6.07, 6.45) is 0. The lowest BCUT2D eigenvalue weighted by Crippen LogP contribution is -2.11. The summed E-state index contributed by atoms with van der Waals surface area (Å²) in [4.78, 5) is 10.1. The van der Waals surface area contributed by atoms with E-state index in [4.69, 9.17) is 15.3 Å². The molecule has 0 aliphatic rings. The van der Waals surface area contributed by atoms with E-state index in [2.05, 4.69) is 22.8 Å². The first kappa shape index (κ1) is 22.7. The number of carbonyl (C=O) groups is 1. The summed E-state index contributed by atoms with van der Waals surface area (Å²) in [5.41, 5.74) is 2.93. The monoisotopic (exact) mass is 402 g/mol. The number of aromatic hydroxyl groups is 2. The third-order valence-electron chi connectivity index (χ3n) is 3.52. The van der Waals surface area contributed by atoms with Crippen LogP contribution in [0.5, 0.6) is 11.5 Å². The van der Waals surface area contributed by atoms with Gasteiger partial charge in [-0.3, -0.25) is 4.79 Å². The molecule has 0 saturated carbocycles. The van der Waals surface area contributed by atoms with Crippen LogP contribution >= 0.6 is 12.4 Å². The summed E-state index contributed by atoms with van der Waals surface area (Å²) >= 11 is 0. The maximum absolute atomic E-state index is 10.1. The SMILES string of the molecule is Cl.O=C(O)CNc1ccc(O)cc1.Oc1ccc(NCc2ccccc2)cc1. The molecule has 0 aliphatic heterocycles. The number of phenols is 2. The maximum atomic E-state index is 10.1. The highest BCUT2D eigenvalue weighted by Crippen LogP contribution is 2.14. The predicted molar refractivity (Wildman–Crippen MR) is 113 cm³/mol. The van der Waals surface area contributed by atoms with E-state index in [1.807, 2.05) is 30.3 Å². The van der Waals surface area contributed by atoms with Crippen LogP contribution in [0.25, 0.3) is 0 Å². The van der Waals surface area contributed by atoms with Gasteiger partial charge in [-0.25, -0.2) is 0 Å². The number of benzene rings is 3. The van der Waals surface area contributed by atoms with Crippen LogP contribution in [0.2, 0.25) is 0 Å². The zero-order valence-electron chi connectivity index (χ0n) is 15.1. The first-order valence-corrected chi connectivity index (χ1v) is 8.34. The van der Waals surface area contributed by atoms with Crippen LogP contribution in [0.1, 0.15) is 5.56 Å². The molecule has 3 rings (SSSR count). The average Bonchev–Trinajstić information content (AvgIpc) is 2.68. The van der Waals surface area contributed by atoms with Gasteiger partial charge in [-0.15, -0.1) is 12.4 Å². The molecular weight excluding hydrogens is 380 g/mol. The largest absolute Gasteiger partial charge is 0.508 e. The summed E-state index contributed by atoms with van der Waals surface area (Å²) < 4.78 is 0. The molecule has 0 heterocycles.